The first-order chi connectivity index (χ1) is 19.3. The summed E-state index contributed by atoms with van der Waals surface area (Å²) in [5.41, 5.74) is 5.44. The van der Waals surface area contributed by atoms with Crippen LogP contribution in [0.4, 0.5) is 0 Å². The Labute approximate surface area is 235 Å². The number of amides is 1. The van der Waals surface area contributed by atoms with Crippen molar-refractivity contribution in [2.75, 3.05) is 20.2 Å². The largest absolute Gasteiger partial charge is 0.496 e. The molecule has 1 saturated heterocycles. The number of carboxylic acids is 1. The number of nitrogens with zero attached hydrogens (tertiary/aromatic N) is 2. The molecule has 2 aliphatic carbocycles. The number of carbonyl (C=O) groups excluding carboxylic acids is 1. The number of carboxylic acid groups (broad SMARTS) is 1. The van der Waals surface area contributed by atoms with Gasteiger partial charge in [-0.15, -0.1) is 0 Å². The normalized spacial score (nSPS) is 27.9. The van der Waals surface area contributed by atoms with E-state index >= 15 is 0 Å². The predicted octanol–water partition coefficient (Wildman–Crippen LogP) is 5.76. The Kier molecular flexibility index (Phi) is 6.00. The van der Waals surface area contributed by atoms with Crippen molar-refractivity contribution in [3.8, 4) is 17.0 Å². The smallest absolute Gasteiger partial charge is 0.335 e. The number of ether oxygens (including phenoxy) is 1. The molecular formula is C33H39N3O4. The molecule has 3 aromatic rings. The van der Waals surface area contributed by atoms with E-state index in [2.05, 4.69) is 40.8 Å². The molecule has 7 nitrogen and oxygen atoms in total. The maximum atomic E-state index is 14.5. The van der Waals surface area contributed by atoms with Crippen LogP contribution in [0, 0.1) is 5.41 Å². The van der Waals surface area contributed by atoms with Gasteiger partial charge in [0.25, 0.3) is 0 Å². The van der Waals surface area contributed by atoms with Crippen LogP contribution in [-0.2, 0) is 11.3 Å². The number of carbonyl (C=O) groups is 2. The van der Waals surface area contributed by atoms with Gasteiger partial charge in [0.1, 0.15) is 5.75 Å². The lowest BCUT2D eigenvalue weighted by atomic mass is 9.81. The second-order valence-corrected chi connectivity index (χ2v) is 12.7. The van der Waals surface area contributed by atoms with Crippen LogP contribution in [0.3, 0.4) is 0 Å². The van der Waals surface area contributed by atoms with E-state index in [0.29, 0.717) is 25.6 Å². The minimum atomic E-state index is -0.925. The van der Waals surface area contributed by atoms with E-state index in [-0.39, 0.29) is 29.5 Å². The first-order valence-electron chi connectivity index (χ1n) is 14.9. The predicted molar refractivity (Wildman–Crippen MR) is 155 cm³/mol. The zero-order valence-electron chi connectivity index (χ0n) is 23.7. The van der Waals surface area contributed by atoms with E-state index in [0.717, 1.165) is 47.0 Å². The van der Waals surface area contributed by atoms with Gasteiger partial charge in [-0.05, 0) is 62.8 Å². The van der Waals surface area contributed by atoms with E-state index in [1.54, 1.807) is 13.2 Å². The van der Waals surface area contributed by atoms with E-state index in [9.17, 15) is 14.7 Å². The number of rotatable bonds is 4. The standard InChI is InChI=1S/C33H39N3O4/c1-19-16-35(17-20(2)34-19)32(39)33-15-25(33)29-24(10-7-11-27(29)40-3)30-28(21-8-5-4-6-9-21)23-13-12-22(31(37)38)14-26(23)36(30)18-33/h7,10-14,19-21,25,34H,4-6,8-9,15-18H2,1-3H3,(H,37,38)/t19-,20+,25?,33?. The van der Waals surface area contributed by atoms with E-state index < -0.39 is 11.4 Å². The molecule has 4 atom stereocenters. The highest BCUT2D eigenvalue weighted by atomic mass is 16.5. The lowest BCUT2D eigenvalue weighted by molar-refractivity contribution is -0.139. The molecule has 7 heteroatoms. The Balaban J connectivity index is 1.48. The van der Waals surface area contributed by atoms with Crippen molar-refractivity contribution in [2.24, 2.45) is 5.41 Å². The van der Waals surface area contributed by atoms with Gasteiger partial charge in [-0.25, -0.2) is 4.79 Å². The molecule has 210 valence electrons. The Morgan fingerprint density at radius 2 is 1.77 bits per heavy atom. The van der Waals surface area contributed by atoms with Crippen molar-refractivity contribution in [1.29, 1.82) is 0 Å². The van der Waals surface area contributed by atoms with Crippen LogP contribution < -0.4 is 10.1 Å². The maximum absolute atomic E-state index is 14.5. The summed E-state index contributed by atoms with van der Waals surface area (Å²) < 4.78 is 8.30. The number of aromatic carboxylic acids is 1. The second kappa shape index (κ2) is 9.37. The summed E-state index contributed by atoms with van der Waals surface area (Å²) in [5, 5.41) is 14.6. The number of methoxy groups -OCH3 is 1. The number of benzene rings is 2. The Bertz CT molecular complexity index is 1510. The molecule has 1 aromatic heterocycles. The summed E-state index contributed by atoms with van der Waals surface area (Å²) in [6, 6.07) is 12.4. The summed E-state index contributed by atoms with van der Waals surface area (Å²) in [6.45, 7) is 6.25. The molecule has 3 fully saturated rings. The number of fused-ring (bicyclic) bond motifs is 7. The molecule has 2 aliphatic heterocycles. The van der Waals surface area contributed by atoms with Gasteiger partial charge in [0, 0.05) is 59.7 Å². The first kappa shape index (κ1) is 25.6. The van der Waals surface area contributed by atoms with Crippen molar-refractivity contribution in [3.05, 3.63) is 53.1 Å². The first-order valence-corrected chi connectivity index (χ1v) is 14.9. The van der Waals surface area contributed by atoms with Gasteiger partial charge >= 0.3 is 5.97 Å². The third-order valence-corrected chi connectivity index (χ3v) is 10.0. The van der Waals surface area contributed by atoms with Gasteiger partial charge in [0.15, 0.2) is 0 Å². The van der Waals surface area contributed by atoms with Gasteiger partial charge in [0.05, 0.1) is 23.8 Å². The molecule has 4 aliphatic rings. The van der Waals surface area contributed by atoms with Crippen molar-refractivity contribution < 1.29 is 19.4 Å². The molecule has 2 aromatic carbocycles. The highest BCUT2D eigenvalue weighted by molar-refractivity contribution is 6.00. The molecule has 2 saturated carbocycles. The molecule has 0 spiro atoms. The molecule has 0 radical (unpaired) electrons. The van der Waals surface area contributed by atoms with E-state index in [4.69, 9.17) is 4.74 Å². The highest BCUT2D eigenvalue weighted by Crippen LogP contribution is 2.67. The molecular weight excluding hydrogens is 502 g/mol. The average molecular weight is 542 g/mol. The molecule has 40 heavy (non-hydrogen) atoms. The van der Waals surface area contributed by atoms with Gasteiger partial charge in [-0.1, -0.05) is 37.5 Å². The Morgan fingerprint density at radius 3 is 2.48 bits per heavy atom. The number of aromatic nitrogens is 1. The number of hydrogen-bond acceptors (Lipinski definition) is 4. The van der Waals surface area contributed by atoms with Crippen LogP contribution in [0.1, 0.15) is 85.7 Å². The van der Waals surface area contributed by atoms with Gasteiger partial charge < -0.3 is 24.6 Å². The summed E-state index contributed by atoms with van der Waals surface area (Å²) in [4.78, 5) is 28.7. The van der Waals surface area contributed by atoms with Crippen molar-refractivity contribution in [1.82, 2.24) is 14.8 Å². The van der Waals surface area contributed by atoms with E-state index in [1.807, 2.05) is 18.2 Å². The number of nitrogens with one attached hydrogen (secondary N) is 1. The molecule has 2 unspecified atom stereocenters. The zero-order chi connectivity index (χ0) is 27.8. The topological polar surface area (TPSA) is 83.8 Å². The summed E-state index contributed by atoms with van der Waals surface area (Å²) in [6.07, 6.45) is 6.73. The van der Waals surface area contributed by atoms with Crippen molar-refractivity contribution in [2.45, 2.75) is 82.8 Å². The van der Waals surface area contributed by atoms with Crippen molar-refractivity contribution in [3.63, 3.8) is 0 Å². The second-order valence-electron chi connectivity index (χ2n) is 12.7. The number of hydrogen-bond donors (Lipinski definition) is 2. The van der Waals surface area contributed by atoms with Gasteiger partial charge in [-0.2, -0.15) is 0 Å². The molecule has 3 heterocycles. The fourth-order valence-corrected chi connectivity index (χ4v) is 8.31. The van der Waals surface area contributed by atoms with Crippen molar-refractivity contribution >= 4 is 22.8 Å². The summed E-state index contributed by atoms with van der Waals surface area (Å²) in [5.74, 6) is 0.629. The highest BCUT2D eigenvalue weighted by Gasteiger charge is 2.64. The van der Waals surface area contributed by atoms with Crippen LogP contribution in [0.5, 0.6) is 5.75 Å². The maximum Gasteiger partial charge on any atom is 0.335 e. The van der Waals surface area contributed by atoms with Crippen LogP contribution in [0.25, 0.3) is 22.2 Å². The lowest BCUT2D eigenvalue weighted by Gasteiger charge is -2.38. The molecule has 7 rings (SSSR count). The molecule has 1 amide bonds. The third-order valence-electron chi connectivity index (χ3n) is 10.0. The zero-order valence-corrected chi connectivity index (χ0v) is 23.7. The minimum absolute atomic E-state index is 0.0726. The summed E-state index contributed by atoms with van der Waals surface area (Å²) in [7, 11) is 1.72. The van der Waals surface area contributed by atoms with Crippen LogP contribution in [0.2, 0.25) is 0 Å². The molecule has 2 N–H and O–H groups in total. The van der Waals surface area contributed by atoms with E-state index in [1.165, 1.54) is 30.5 Å². The third kappa shape index (κ3) is 3.80. The monoisotopic (exact) mass is 541 g/mol. The van der Waals surface area contributed by atoms with Crippen LogP contribution in [0.15, 0.2) is 36.4 Å². The Morgan fingerprint density at radius 1 is 1.02 bits per heavy atom. The van der Waals surface area contributed by atoms with Crippen LogP contribution in [-0.4, -0.2) is 58.7 Å². The van der Waals surface area contributed by atoms with Gasteiger partial charge in [0.2, 0.25) is 5.91 Å². The molecule has 0 bridgehead atoms. The summed E-state index contributed by atoms with van der Waals surface area (Å²) >= 11 is 0. The average Bonchev–Trinajstić information content (AvgIpc) is 3.61. The Hall–Kier alpha value is -3.32. The fraction of sp³-hybridized carbons (Fsp3) is 0.515. The number of piperazine rings is 1. The minimum Gasteiger partial charge on any atom is -0.496 e. The quantitative estimate of drug-likeness (QED) is 0.439. The van der Waals surface area contributed by atoms with Gasteiger partial charge in [-0.3, -0.25) is 4.79 Å². The van der Waals surface area contributed by atoms with Crippen LogP contribution >= 0.6 is 0 Å². The fourth-order valence-electron chi connectivity index (χ4n) is 8.31. The SMILES string of the molecule is COc1cccc2c1C1CC1(C(=O)N1C[C@@H](C)N[C@@H](C)C1)Cn1c-2c(C2CCCCC2)c2ccc(C(=O)O)cc21. The lowest BCUT2D eigenvalue weighted by Crippen LogP contribution is -2.57.